The fourth-order valence-corrected chi connectivity index (χ4v) is 1.59. The highest BCUT2D eigenvalue weighted by molar-refractivity contribution is 6.43. The third-order valence-electron chi connectivity index (χ3n) is 2.69. The Bertz CT molecular complexity index is 685. The first-order valence-electron chi connectivity index (χ1n) is 6.10. The summed E-state index contributed by atoms with van der Waals surface area (Å²) in [5.74, 6) is -3.70. The number of hydrogen-bond donors (Lipinski definition) is 2. The Labute approximate surface area is 119 Å². The molecule has 0 radical (unpaired) electrons. The standard InChI is InChI=1S/C15H12F2N2O2/c1-9-2-5-11(6-3-9)18-14(20)15(21)19-13-7-4-10(16)8-12(13)17/h2-8H,1H3,(H,18,20)(H,19,21). The Balaban J connectivity index is 2.02. The van der Waals surface area contributed by atoms with E-state index in [1.54, 1.807) is 24.3 Å². The molecular formula is C15H12F2N2O2. The number of hydrogen-bond acceptors (Lipinski definition) is 2. The molecule has 0 aliphatic heterocycles. The average molecular weight is 290 g/mol. The summed E-state index contributed by atoms with van der Waals surface area (Å²) in [5.41, 5.74) is 1.19. The molecular weight excluding hydrogens is 278 g/mol. The van der Waals surface area contributed by atoms with Crippen molar-refractivity contribution in [1.29, 1.82) is 0 Å². The van der Waals surface area contributed by atoms with E-state index in [1.807, 2.05) is 6.92 Å². The van der Waals surface area contributed by atoms with Crippen molar-refractivity contribution in [2.24, 2.45) is 0 Å². The fourth-order valence-electron chi connectivity index (χ4n) is 1.59. The predicted molar refractivity (Wildman–Crippen MR) is 74.8 cm³/mol. The normalized spacial score (nSPS) is 10.0. The van der Waals surface area contributed by atoms with Gasteiger partial charge in [0.05, 0.1) is 5.69 Å². The molecule has 108 valence electrons. The molecule has 6 heteroatoms. The van der Waals surface area contributed by atoms with Crippen LogP contribution in [0.5, 0.6) is 0 Å². The maximum Gasteiger partial charge on any atom is 0.314 e. The van der Waals surface area contributed by atoms with Gasteiger partial charge in [0.25, 0.3) is 0 Å². The van der Waals surface area contributed by atoms with Crippen LogP contribution in [0.2, 0.25) is 0 Å². The molecule has 2 aromatic carbocycles. The highest BCUT2D eigenvalue weighted by Crippen LogP contribution is 2.15. The second kappa shape index (κ2) is 6.13. The van der Waals surface area contributed by atoms with Crippen molar-refractivity contribution in [3.05, 3.63) is 59.7 Å². The van der Waals surface area contributed by atoms with Crippen LogP contribution >= 0.6 is 0 Å². The van der Waals surface area contributed by atoms with Gasteiger partial charge in [-0.3, -0.25) is 9.59 Å². The van der Waals surface area contributed by atoms with Crippen LogP contribution in [0.15, 0.2) is 42.5 Å². The largest absolute Gasteiger partial charge is 0.318 e. The maximum atomic E-state index is 13.4. The van der Waals surface area contributed by atoms with Crippen LogP contribution in [0.3, 0.4) is 0 Å². The first kappa shape index (κ1) is 14.6. The second-order valence-corrected chi connectivity index (χ2v) is 4.40. The molecule has 0 spiro atoms. The van der Waals surface area contributed by atoms with Crippen LogP contribution in [-0.2, 0) is 9.59 Å². The monoisotopic (exact) mass is 290 g/mol. The van der Waals surface area contributed by atoms with Gasteiger partial charge >= 0.3 is 11.8 Å². The summed E-state index contributed by atoms with van der Waals surface area (Å²) in [4.78, 5) is 23.3. The lowest BCUT2D eigenvalue weighted by molar-refractivity contribution is -0.133. The lowest BCUT2D eigenvalue weighted by Crippen LogP contribution is -2.29. The first-order valence-corrected chi connectivity index (χ1v) is 6.10. The number of anilines is 2. The Morgan fingerprint density at radius 1 is 0.905 bits per heavy atom. The van der Waals surface area contributed by atoms with Crippen molar-refractivity contribution in [3.8, 4) is 0 Å². The zero-order valence-corrected chi connectivity index (χ0v) is 11.1. The van der Waals surface area contributed by atoms with E-state index >= 15 is 0 Å². The minimum Gasteiger partial charge on any atom is -0.318 e. The van der Waals surface area contributed by atoms with Crippen molar-refractivity contribution < 1.29 is 18.4 Å². The molecule has 0 saturated heterocycles. The average Bonchev–Trinajstić information content (AvgIpc) is 2.44. The van der Waals surface area contributed by atoms with Gasteiger partial charge in [-0.2, -0.15) is 0 Å². The number of aryl methyl sites for hydroxylation is 1. The zero-order chi connectivity index (χ0) is 15.4. The number of halogens is 2. The molecule has 2 amide bonds. The van der Waals surface area contributed by atoms with Gasteiger partial charge in [-0.05, 0) is 31.2 Å². The summed E-state index contributed by atoms with van der Waals surface area (Å²) in [6.45, 7) is 1.88. The molecule has 2 N–H and O–H groups in total. The van der Waals surface area contributed by atoms with Crippen LogP contribution < -0.4 is 10.6 Å². The van der Waals surface area contributed by atoms with E-state index in [-0.39, 0.29) is 5.69 Å². The summed E-state index contributed by atoms with van der Waals surface area (Å²) in [7, 11) is 0. The van der Waals surface area contributed by atoms with Gasteiger partial charge in [0.15, 0.2) is 0 Å². The van der Waals surface area contributed by atoms with E-state index in [2.05, 4.69) is 10.6 Å². The SMILES string of the molecule is Cc1ccc(NC(=O)C(=O)Nc2ccc(F)cc2F)cc1. The first-order chi connectivity index (χ1) is 9.95. The Hall–Kier alpha value is -2.76. The van der Waals surface area contributed by atoms with Crippen molar-refractivity contribution in [2.45, 2.75) is 6.92 Å². The maximum absolute atomic E-state index is 13.4. The van der Waals surface area contributed by atoms with E-state index < -0.39 is 23.4 Å². The Morgan fingerprint density at radius 3 is 2.14 bits per heavy atom. The van der Waals surface area contributed by atoms with Gasteiger partial charge < -0.3 is 10.6 Å². The molecule has 0 aliphatic rings. The van der Waals surface area contributed by atoms with Crippen LogP contribution in [-0.4, -0.2) is 11.8 Å². The molecule has 2 rings (SSSR count). The van der Waals surface area contributed by atoms with Crippen LogP contribution in [0.4, 0.5) is 20.2 Å². The molecule has 0 heterocycles. The highest BCUT2D eigenvalue weighted by Gasteiger charge is 2.16. The van der Waals surface area contributed by atoms with E-state index in [0.29, 0.717) is 11.8 Å². The summed E-state index contributed by atoms with van der Waals surface area (Å²) in [6.07, 6.45) is 0. The Kier molecular flexibility index (Phi) is 4.27. The Morgan fingerprint density at radius 2 is 1.52 bits per heavy atom. The number of nitrogens with one attached hydrogen (secondary N) is 2. The van der Waals surface area contributed by atoms with E-state index in [9.17, 15) is 18.4 Å². The molecule has 0 aliphatic carbocycles. The van der Waals surface area contributed by atoms with E-state index in [0.717, 1.165) is 17.7 Å². The third-order valence-corrected chi connectivity index (χ3v) is 2.69. The minimum absolute atomic E-state index is 0.263. The van der Waals surface area contributed by atoms with E-state index in [4.69, 9.17) is 0 Å². The van der Waals surface area contributed by atoms with Gasteiger partial charge in [-0.15, -0.1) is 0 Å². The quantitative estimate of drug-likeness (QED) is 0.836. The van der Waals surface area contributed by atoms with Gasteiger partial charge in [0, 0.05) is 11.8 Å². The summed E-state index contributed by atoms with van der Waals surface area (Å²) in [6, 6.07) is 9.46. The molecule has 21 heavy (non-hydrogen) atoms. The summed E-state index contributed by atoms with van der Waals surface area (Å²) < 4.78 is 26.1. The lowest BCUT2D eigenvalue weighted by atomic mass is 10.2. The summed E-state index contributed by atoms with van der Waals surface area (Å²) >= 11 is 0. The predicted octanol–water partition coefficient (Wildman–Crippen LogP) is 2.85. The highest BCUT2D eigenvalue weighted by atomic mass is 19.1. The summed E-state index contributed by atoms with van der Waals surface area (Å²) in [5, 5.41) is 4.45. The third kappa shape index (κ3) is 3.85. The fraction of sp³-hybridized carbons (Fsp3) is 0.0667. The second-order valence-electron chi connectivity index (χ2n) is 4.40. The number of carbonyl (C=O) groups is 2. The number of benzene rings is 2. The minimum atomic E-state index is -1.04. The van der Waals surface area contributed by atoms with Crippen LogP contribution in [0.25, 0.3) is 0 Å². The van der Waals surface area contributed by atoms with Gasteiger partial charge in [-0.25, -0.2) is 8.78 Å². The topological polar surface area (TPSA) is 58.2 Å². The molecule has 4 nitrogen and oxygen atoms in total. The number of amides is 2. The zero-order valence-electron chi connectivity index (χ0n) is 11.1. The number of carbonyl (C=O) groups excluding carboxylic acids is 2. The molecule has 0 atom stereocenters. The van der Waals surface area contributed by atoms with Gasteiger partial charge in [-0.1, -0.05) is 17.7 Å². The lowest BCUT2D eigenvalue weighted by Gasteiger charge is -2.07. The smallest absolute Gasteiger partial charge is 0.314 e. The van der Waals surface area contributed by atoms with Crippen molar-refractivity contribution >= 4 is 23.2 Å². The molecule has 0 saturated carbocycles. The molecule has 0 bridgehead atoms. The van der Waals surface area contributed by atoms with Gasteiger partial charge in [0.2, 0.25) is 0 Å². The van der Waals surface area contributed by atoms with Gasteiger partial charge in [0.1, 0.15) is 11.6 Å². The van der Waals surface area contributed by atoms with Crippen LogP contribution in [0, 0.1) is 18.6 Å². The molecule has 0 unspecified atom stereocenters. The van der Waals surface area contributed by atoms with Crippen molar-refractivity contribution in [1.82, 2.24) is 0 Å². The molecule has 0 fully saturated rings. The van der Waals surface area contributed by atoms with E-state index in [1.165, 1.54) is 0 Å². The number of rotatable bonds is 2. The van der Waals surface area contributed by atoms with Crippen molar-refractivity contribution in [2.75, 3.05) is 10.6 Å². The molecule has 2 aromatic rings. The molecule has 0 aromatic heterocycles. The van der Waals surface area contributed by atoms with Crippen LogP contribution in [0.1, 0.15) is 5.56 Å². The van der Waals surface area contributed by atoms with Crippen molar-refractivity contribution in [3.63, 3.8) is 0 Å².